The fourth-order valence-corrected chi connectivity index (χ4v) is 4.04. The van der Waals surface area contributed by atoms with Gasteiger partial charge in [0.05, 0.1) is 11.6 Å². The Morgan fingerprint density at radius 1 is 1.19 bits per heavy atom. The van der Waals surface area contributed by atoms with Crippen LogP contribution in [0.3, 0.4) is 0 Å². The van der Waals surface area contributed by atoms with Gasteiger partial charge in [0.15, 0.2) is 5.65 Å². The highest BCUT2D eigenvalue weighted by atomic mass is 15.3. The number of nitrogens with one attached hydrogen (secondary N) is 2. The number of anilines is 2. The number of hydrogen-bond acceptors (Lipinski definition) is 5. The van der Waals surface area contributed by atoms with E-state index in [4.69, 9.17) is 4.98 Å². The van der Waals surface area contributed by atoms with E-state index >= 15 is 0 Å². The molecule has 2 aromatic rings. The minimum atomic E-state index is 0.644. The lowest BCUT2D eigenvalue weighted by Crippen LogP contribution is -2.35. The third kappa shape index (κ3) is 2.13. The Balaban J connectivity index is 1.75. The lowest BCUT2D eigenvalue weighted by Gasteiger charge is -2.30. The van der Waals surface area contributed by atoms with E-state index in [1.54, 1.807) is 0 Å². The van der Waals surface area contributed by atoms with Crippen molar-refractivity contribution in [1.82, 2.24) is 20.2 Å². The molecule has 0 bridgehead atoms. The molecule has 2 fully saturated rings. The van der Waals surface area contributed by atoms with E-state index in [0.29, 0.717) is 12.0 Å². The molecule has 2 N–H and O–H groups in total. The molecule has 0 aromatic carbocycles. The van der Waals surface area contributed by atoms with E-state index in [0.717, 1.165) is 29.3 Å². The number of fused-ring (bicyclic) bond motifs is 1. The average molecular weight is 286 g/mol. The molecule has 1 saturated carbocycles. The monoisotopic (exact) mass is 286 g/mol. The van der Waals surface area contributed by atoms with E-state index in [-0.39, 0.29) is 0 Å². The molecule has 3 heterocycles. The second-order valence-corrected chi connectivity index (χ2v) is 6.20. The van der Waals surface area contributed by atoms with Crippen molar-refractivity contribution in [2.24, 2.45) is 5.92 Å². The van der Waals surface area contributed by atoms with Crippen LogP contribution in [-0.2, 0) is 0 Å². The van der Waals surface area contributed by atoms with E-state index in [1.165, 1.54) is 38.5 Å². The van der Waals surface area contributed by atoms with Gasteiger partial charge in [0.2, 0.25) is 5.95 Å². The van der Waals surface area contributed by atoms with Gasteiger partial charge in [-0.15, -0.1) is 0 Å². The molecule has 1 aliphatic carbocycles. The van der Waals surface area contributed by atoms with Crippen molar-refractivity contribution in [3.8, 4) is 0 Å². The van der Waals surface area contributed by atoms with Gasteiger partial charge in [0.25, 0.3) is 0 Å². The van der Waals surface area contributed by atoms with E-state index in [1.807, 2.05) is 13.2 Å². The van der Waals surface area contributed by atoms with Crippen molar-refractivity contribution in [1.29, 1.82) is 0 Å². The summed E-state index contributed by atoms with van der Waals surface area (Å²) in [6.07, 6.45) is 9.94. The van der Waals surface area contributed by atoms with Crippen molar-refractivity contribution in [2.75, 3.05) is 23.8 Å². The van der Waals surface area contributed by atoms with Gasteiger partial charge in [0.1, 0.15) is 5.82 Å². The molecule has 21 heavy (non-hydrogen) atoms. The maximum absolute atomic E-state index is 4.74. The highest BCUT2D eigenvalue weighted by molar-refractivity contribution is 5.87. The van der Waals surface area contributed by atoms with Crippen molar-refractivity contribution >= 4 is 22.8 Å². The van der Waals surface area contributed by atoms with Gasteiger partial charge >= 0.3 is 0 Å². The molecule has 1 unspecified atom stereocenters. The summed E-state index contributed by atoms with van der Waals surface area (Å²) in [4.78, 5) is 11.7. The fourth-order valence-electron chi connectivity index (χ4n) is 4.04. The third-order valence-electron chi connectivity index (χ3n) is 5.03. The number of H-pyrrole nitrogens is 1. The van der Waals surface area contributed by atoms with Crippen LogP contribution in [0.5, 0.6) is 0 Å². The molecule has 2 aromatic heterocycles. The maximum Gasteiger partial charge on any atom is 0.226 e. The predicted octanol–water partition coefficient (Wildman–Crippen LogP) is 2.55. The first-order valence-corrected chi connectivity index (χ1v) is 8.02. The van der Waals surface area contributed by atoms with Crippen LogP contribution in [0.4, 0.5) is 11.8 Å². The SMILES string of the molecule is CNc1nc(N2CCCC2C2CCCC2)c2cn[nH]c2n1. The molecule has 1 aliphatic heterocycles. The second-order valence-electron chi connectivity index (χ2n) is 6.20. The maximum atomic E-state index is 4.74. The molecule has 6 nitrogen and oxygen atoms in total. The Labute approximate surface area is 124 Å². The summed E-state index contributed by atoms with van der Waals surface area (Å²) in [7, 11) is 1.86. The van der Waals surface area contributed by atoms with Crippen molar-refractivity contribution < 1.29 is 0 Å². The standard InChI is InChI=1S/C15H22N6/c1-16-15-18-13-11(9-17-20-13)14(19-15)21-8-4-7-12(21)10-5-2-3-6-10/h9-10,12H,2-8H2,1H3,(H2,16,17,18,19,20). The van der Waals surface area contributed by atoms with Crippen LogP contribution in [0.15, 0.2) is 6.20 Å². The Hall–Kier alpha value is -1.85. The number of rotatable bonds is 3. The van der Waals surface area contributed by atoms with Crippen LogP contribution in [0.1, 0.15) is 38.5 Å². The summed E-state index contributed by atoms with van der Waals surface area (Å²) in [6.45, 7) is 1.10. The summed E-state index contributed by atoms with van der Waals surface area (Å²) in [5.41, 5.74) is 0.821. The zero-order valence-corrected chi connectivity index (χ0v) is 12.5. The smallest absolute Gasteiger partial charge is 0.226 e. The largest absolute Gasteiger partial charge is 0.357 e. The molecule has 4 rings (SSSR count). The fraction of sp³-hybridized carbons (Fsp3) is 0.667. The molecule has 0 amide bonds. The second kappa shape index (κ2) is 5.16. The first-order chi connectivity index (χ1) is 10.4. The summed E-state index contributed by atoms with van der Waals surface area (Å²) in [5.74, 6) is 2.55. The third-order valence-corrected chi connectivity index (χ3v) is 5.03. The van der Waals surface area contributed by atoms with Gasteiger partial charge in [0, 0.05) is 19.6 Å². The molecule has 6 heteroatoms. The highest BCUT2D eigenvalue weighted by Gasteiger charge is 2.35. The van der Waals surface area contributed by atoms with E-state index < -0.39 is 0 Å². The number of hydrogen-bond donors (Lipinski definition) is 2. The number of nitrogens with zero attached hydrogens (tertiary/aromatic N) is 4. The molecule has 112 valence electrons. The molecule has 1 atom stereocenters. The van der Waals surface area contributed by atoms with Crippen LogP contribution in [-0.4, -0.2) is 39.8 Å². The summed E-state index contributed by atoms with van der Waals surface area (Å²) < 4.78 is 0. The van der Waals surface area contributed by atoms with Crippen LogP contribution in [0.2, 0.25) is 0 Å². The quantitative estimate of drug-likeness (QED) is 0.907. The topological polar surface area (TPSA) is 69.7 Å². The lowest BCUT2D eigenvalue weighted by molar-refractivity contribution is 0.430. The molecular weight excluding hydrogens is 264 g/mol. The average Bonchev–Trinajstić information content (AvgIpc) is 3.24. The molecule has 2 aliphatic rings. The van der Waals surface area contributed by atoms with Gasteiger partial charge in [-0.2, -0.15) is 15.1 Å². The zero-order valence-electron chi connectivity index (χ0n) is 12.5. The minimum Gasteiger partial charge on any atom is -0.357 e. The Kier molecular flexibility index (Phi) is 3.16. The molecule has 1 saturated heterocycles. The van der Waals surface area contributed by atoms with Crippen LogP contribution < -0.4 is 10.2 Å². The predicted molar refractivity (Wildman–Crippen MR) is 83.6 cm³/mol. The molecular formula is C15H22N6. The molecule has 0 radical (unpaired) electrons. The van der Waals surface area contributed by atoms with Crippen molar-refractivity contribution in [2.45, 2.75) is 44.6 Å². The van der Waals surface area contributed by atoms with Gasteiger partial charge < -0.3 is 10.2 Å². The van der Waals surface area contributed by atoms with E-state index in [9.17, 15) is 0 Å². The van der Waals surface area contributed by atoms with Crippen LogP contribution in [0.25, 0.3) is 11.0 Å². The first kappa shape index (κ1) is 12.9. The Morgan fingerprint density at radius 2 is 2.05 bits per heavy atom. The molecule has 0 spiro atoms. The van der Waals surface area contributed by atoms with Gasteiger partial charge in [-0.25, -0.2) is 0 Å². The van der Waals surface area contributed by atoms with Crippen molar-refractivity contribution in [3.63, 3.8) is 0 Å². The van der Waals surface area contributed by atoms with Crippen LogP contribution >= 0.6 is 0 Å². The van der Waals surface area contributed by atoms with Crippen LogP contribution in [0, 0.1) is 5.92 Å². The zero-order chi connectivity index (χ0) is 14.2. The van der Waals surface area contributed by atoms with Gasteiger partial charge in [-0.3, -0.25) is 5.10 Å². The van der Waals surface area contributed by atoms with Crippen molar-refractivity contribution in [3.05, 3.63) is 6.20 Å². The van der Waals surface area contributed by atoms with E-state index in [2.05, 4.69) is 25.4 Å². The summed E-state index contributed by atoms with van der Waals surface area (Å²) in [5, 5.41) is 11.2. The van der Waals surface area contributed by atoms with Gasteiger partial charge in [-0.1, -0.05) is 12.8 Å². The Morgan fingerprint density at radius 3 is 2.86 bits per heavy atom. The Bertz CT molecular complexity index is 630. The number of aromatic nitrogens is 4. The first-order valence-electron chi connectivity index (χ1n) is 8.02. The normalized spacial score (nSPS) is 23.3. The minimum absolute atomic E-state index is 0.644. The number of aromatic amines is 1. The lowest BCUT2D eigenvalue weighted by atomic mass is 9.96. The highest BCUT2D eigenvalue weighted by Crippen LogP contribution is 2.39. The summed E-state index contributed by atoms with van der Waals surface area (Å²) in [6, 6.07) is 0.644. The van der Waals surface area contributed by atoms with Gasteiger partial charge in [-0.05, 0) is 31.6 Å². The summed E-state index contributed by atoms with van der Waals surface area (Å²) >= 11 is 0.